The lowest BCUT2D eigenvalue weighted by atomic mass is 10.0. The predicted molar refractivity (Wildman–Crippen MR) is 76.5 cm³/mol. The molecule has 0 bridgehead atoms. The summed E-state index contributed by atoms with van der Waals surface area (Å²) in [6, 6.07) is 8.23. The largest absolute Gasteiger partial charge is 0.491 e. The van der Waals surface area contributed by atoms with Crippen molar-refractivity contribution in [2.24, 2.45) is 7.05 Å². The molecule has 1 heterocycles. The number of benzene rings is 1. The molecular formula is C14H21N5O. The highest BCUT2D eigenvalue weighted by Gasteiger charge is 2.14. The molecule has 0 amide bonds. The first-order valence-electron chi connectivity index (χ1n) is 6.75. The summed E-state index contributed by atoms with van der Waals surface area (Å²) in [7, 11) is 3.69. The van der Waals surface area contributed by atoms with E-state index in [1.807, 2.05) is 33.0 Å². The zero-order valence-electron chi connectivity index (χ0n) is 12.4. The number of nitrogens with zero attached hydrogens (tertiary/aromatic N) is 4. The summed E-state index contributed by atoms with van der Waals surface area (Å²) in [5.41, 5.74) is 1.15. The van der Waals surface area contributed by atoms with E-state index in [1.54, 1.807) is 7.05 Å². The van der Waals surface area contributed by atoms with Crippen molar-refractivity contribution in [2.45, 2.75) is 32.4 Å². The van der Waals surface area contributed by atoms with E-state index in [1.165, 1.54) is 4.80 Å². The van der Waals surface area contributed by atoms with Crippen LogP contribution in [0.25, 0.3) is 0 Å². The van der Waals surface area contributed by atoms with Crippen molar-refractivity contribution in [3.63, 3.8) is 0 Å². The van der Waals surface area contributed by atoms with Crippen LogP contribution in [0.15, 0.2) is 24.3 Å². The highest BCUT2D eigenvalue weighted by Crippen LogP contribution is 2.22. The average Bonchev–Trinajstić information content (AvgIpc) is 2.81. The lowest BCUT2D eigenvalue weighted by Crippen LogP contribution is -2.19. The van der Waals surface area contributed by atoms with Crippen molar-refractivity contribution in [3.8, 4) is 5.75 Å². The molecule has 1 N–H and O–H groups in total. The van der Waals surface area contributed by atoms with Crippen LogP contribution in [0.5, 0.6) is 5.75 Å². The molecule has 20 heavy (non-hydrogen) atoms. The second kappa shape index (κ2) is 6.47. The number of aromatic nitrogens is 4. The van der Waals surface area contributed by atoms with Gasteiger partial charge in [-0.15, -0.1) is 10.2 Å². The monoisotopic (exact) mass is 275 g/mol. The van der Waals surface area contributed by atoms with E-state index >= 15 is 0 Å². The van der Waals surface area contributed by atoms with Gasteiger partial charge in [-0.25, -0.2) is 0 Å². The quantitative estimate of drug-likeness (QED) is 0.865. The van der Waals surface area contributed by atoms with E-state index in [0.717, 1.165) is 17.1 Å². The topological polar surface area (TPSA) is 64.9 Å². The SMILES string of the molecule is CNC(Cc1nnn(C)n1)c1cccc(OC(C)C)c1. The number of hydrogen-bond acceptors (Lipinski definition) is 5. The molecule has 0 saturated carbocycles. The minimum Gasteiger partial charge on any atom is -0.491 e. The fourth-order valence-corrected chi connectivity index (χ4v) is 2.05. The number of likely N-dealkylation sites (N-methyl/N-ethyl adjacent to an activating group) is 1. The van der Waals surface area contributed by atoms with Crippen LogP contribution >= 0.6 is 0 Å². The lowest BCUT2D eigenvalue weighted by molar-refractivity contribution is 0.242. The zero-order chi connectivity index (χ0) is 14.5. The molecule has 1 aromatic heterocycles. The Morgan fingerprint density at radius 2 is 2.15 bits per heavy atom. The van der Waals surface area contributed by atoms with Crippen LogP contribution in [0.1, 0.15) is 31.3 Å². The second-order valence-corrected chi connectivity index (χ2v) is 4.98. The van der Waals surface area contributed by atoms with Crippen molar-refractivity contribution >= 4 is 0 Å². The van der Waals surface area contributed by atoms with E-state index in [0.29, 0.717) is 6.42 Å². The van der Waals surface area contributed by atoms with Gasteiger partial charge in [0.05, 0.1) is 13.2 Å². The fraction of sp³-hybridized carbons (Fsp3) is 0.500. The van der Waals surface area contributed by atoms with Crippen LogP contribution in [0.2, 0.25) is 0 Å². The van der Waals surface area contributed by atoms with Crippen LogP contribution in [-0.4, -0.2) is 33.4 Å². The first-order chi connectivity index (χ1) is 9.58. The van der Waals surface area contributed by atoms with E-state index in [2.05, 4.69) is 32.9 Å². The Morgan fingerprint density at radius 3 is 2.75 bits per heavy atom. The summed E-state index contributed by atoms with van der Waals surface area (Å²) >= 11 is 0. The Bertz CT molecular complexity index is 552. The van der Waals surface area contributed by atoms with Crippen LogP contribution in [0.3, 0.4) is 0 Å². The minimum atomic E-state index is 0.134. The number of nitrogens with one attached hydrogen (secondary N) is 1. The number of tetrazole rings is 1. The number of aryl methyl sites for hydroxylation is 1. The molecular weight excluding hydrogens is 254 g/mol. The third-order valence-electron chi connectivity index (χ3n) is 2.92. The molecule has 0 aliphatic heterocycles. The van der Waals surface area contributed by atoms with Crippen molar-refractivity contribution in [1.82, 2.24) is 25.5 Å². The third-order valence-corrected chi connectivity index (χ3v) is 2.92. The molecule has 6 nitrogen and oxygen atoms in total. The Kier molecular flexibility index (Phi) is 4.68. The van der Waals surface area contributed by atoms with Crippen molar-refractivity contribution in [1.29, 1.82) is 0 Å². The molecule has 1 atom stereocenters. The summed E-state index contributed by atoms with van der Waals surface area (Å²) in [4.78, 5) is 1.47. The maximum Gasteiger partial charge on any atom is 0.176 e. The van der Waals surface area contributed by atoms with Gasteiger partial charge < -0.3 is 10.1 Å². The first-order valence-corrected chi connectivity index (χ1v) is 6.75. The van der Waals surface area contributed by atoms with Gasteiger partial charge in [-0.05, 0) is 43.8 Å². The Balaban J connectivity index is 2.14. The smallest absolute Gasteiger partial charge is 0.176 e. The Labute approximate surface area is 119 Å². The molecule has 1 unspecified atom stereocenters. The van der Waals surface area contributed by atoms with Gasteiger partial charge in [0.1, 0.15) is 5.75 Å². The highest BCUT2D eigenvalue weighted by molar-refractivity contribution is 5.31. The van der Waals surface area contributed by atoms with Gasteiger partial charge in [0.2, 0.25) is 0 Å². The fourth-order valence-electron chi connectivity index (χ4n) is 2.05. The summed E-state index contributed by atoms with van der Waals surface area (Å²) in [6.07, 6.45) is 0.857. The average molecular weight is 275 g/mol. The Morgan fingerprint density at radius 1 is 1.35 bits per heavy atom. The Hall–Kier alpha value is -1.95. The third kappa shape index (κ3) is 3.77. The minimum absolute atomic E-state index is 0.134. The van der Waals surface area contributed by atoms with Gasteiger partial charge in [0, 0.05) is 12.5 Å². The summed E-state index contributed by atoms with van der Waals surface area (Å²) in [6.45, 7) is 4.04. The van der Waals surface area contributed by atoms with Gasteiger partial charge >= 0.3 is 0 Å². The maximum atomic E-state index is 5.73. The van der Waals surface area contributed by atoms with Crippen LogP contribution in [0.4, 0.5) is 0 Å². The molecule has 1 aromatic carbocycles. The number of rotatable bonds is 6. The van der Waals surface area contributed by atoms with Gasteiger partial charge in [-0.2, -0.15) is 4.80 Å². The molecule has 0 spiro atoms. The molecule has 0 radical (unpaired) electrons. The van der Waals surface area contributed by atoms with E-state index in [9.17, 15) is 0 Å². The maximum absolute atomic E-state index is 5.73. The van der Waals surface area contributed by atoms with E-state index in [-0.39, 0.29) is 12.1 Å². The molecule has 2 aromatic rings. The number of hydrogen-bond donors (Lipinski definition) is 1. The number of ether oxygens (including phenoxy) is 1. The highest BCUT2D eigenvalue weighted by atomic mass is 16.5. The van der Waals surface area contributed by atoms with E-state index in [4.69, 9.17) is 4.74 Å². The first kappa shape index (κ1) is 14.5. The van der Waals surface area contributed by atoms with Crippen molar-refractivity contribution < 1.29 is 4.74 Å². The second-order valence-electron chi connectivity index (χ2n) is 4.98. The van der Waals surface area contributed by atoms with Gasteiger partial charge in [0.15, 0.2) is 5.82 Å². The molecule has 0 fully saturated rings. The van der Waals surface area contributed by atoms with Gasteiger partial charge in [-0.3, -0.25) is 0 Å². The molecule has 0 aliphatic rings. The summed E-state index contributed by atoms with van der Waals surface area (Å²) < 4.78 is 5.73. The molecule has 2 rings (SSSR count). The van der Waals surface area contributed by atoms with Crippen LogP contribution in [0, 0.1) is 0 Å². The molecule has 0 aliphatic carbocycles. The predicted octanol–water partition coefficient (Wildman–Crippen LogP) is 1.50. The summed E-state index contributed by atoms with van der Waals surface area (Å²) in [5.74, 6) is 1.60. The van der Waals surface area contributed by atoms with Crippen molar-refractivity contribution in [3.05, 3.63) is 35.7 Å². The molecule has 108 valence electrons. The lowest BCUT2D eigenvalue weighted by Gasteiger charge is -2.17. The molecule has 0 saturated heterocycles. The molecule has 6 heteroatoms. The standard InChI is InChI=1S/C14H21N5O/c1-10(2)20-12-7-5-6-11(8-12)13(15-3)9-14-16-18-19(4)17-14/h5-8,10,13,15H,9H2,1-4H3. The normalized spacial score (nSPS) is 12.7. The van der Waals surface area contributed by atoms with Crippen molar-refractivity contribution in [2.75, 3.05) is 7.05 Å². The zero-order valence-corrected chi connectivity index (χ0v) is 12.4. The van der Waals surface area contributed by atoms with E-state index < -0.39 is 0 Å². The van der Waals surface area contributed by atoms with Crippen LogP contribution in [-0.2, 0) is 13.5 Å². The van der Waals surface area contributed by atoms with Gasteiger partial charge in [0.25, 0.3) is 0 Å². The summed E-state index contributed by atoms with van der Waals surface area (Å²) in [5, 5.41) is 15.4. The van der Waals surface area contributed by atoms with Gasteiger partial charge in [-0.1, -0.05) is 12.1 Å². The van der Waals surface area contributed by atoms with Crippen LogP contribution < -0.4 is 10.1 Å².